The molecular formula is C13H16O4. The van der Waals surface area contributed by atoms with Crippen molar-refractivity contribution >= 4 is 11.9 Å². The first-order chi connectivity index (χ1) is 8.08. The zero-order valence-corrected chi connectivity index (χ0v) is 9.50. The highest BCUT2D eigenvalue weighted by Gasteiger charge is 2.65. The highest BCUT2D eigenvalue weighted by molar-refractivity contribution is 5.83. The lowest BCUT2D eigenvalue weighted by molar-refractivity contribution is -0.154. The van der Waals surface area contributed by atoms with Gasteiger partial charge in [-0.05, 0) is 30.1 Å². The third-order valence-corrected chi connectivity index (χ3v) is 5.12. The first-order valence-electron chi connectivity index (χ1n) is 6.22. The minimum atomic E-state index is -0.944. The standard InChI is InChI=1S/C13H16O4/c14-11(15)9-7-3-4-8(10(9)12(16)17)13(7)5-1-2-6-13/h3-4,7-10H,1-2,5-6H2,(H,14,15)(H,16,17)/t7-,8-,9-,10+/m1/s1. The van der Waals surface area contributed by atoms with E-state index in [1.54, 1.807) is 0 Å². The monoisotopic (exact) mass is 236 g/mol. The van der Waals surface area contributed by atoms with Crippen LogP contribution in [0.1, 0.15) is 25.7 Å². The summed E-state index contributed by atoms with van der Waals surface area (Å²) in [7, 11) is 0. The van der Waals surface area contributed by atoms with Crippen LogP contribution in [0.5, 0.6) is 0 Å². The van der Waals surface area contributed by atoms with Crippen LogP contribution >= 0.6 is 0 Å². The van der Waals surface area contributed by atoms with Gasteiger partial charge in [-0.3, -0.25) is 9.59 Å². The highest BCUT2D eigenvalue weighted by atomic mass is 16.4. The van der Waals surface area contributed by atoms with E-state index in [-0.39, 0.29) is 17.3 Å². The van der Waals surface area contributed by atoms with Crippen molar-refractivity contribution in [2.45, 2.75) is 25.7 Å². The average molecular weight is 236 g/mol. The minimum absolute atomic E-state index is 0.0495. The first-order valence-corrected chi connectivity index (χ1v) is 6.22. The molecule has 0 radical (unpaired) electrons. The van der Waals surface area contributed by atoms with Gasteiger partial charge in [-0.25, -0.2) is 0 Å². The molecule has 1 spiro atoms. The molecule has 3 rings (SSSR count). The van der Waals surface area contributed by atoms with Crippen molar-refractivity contribution in [1.82, 2.24) is 0 Å². The maximum absolute atomic E-state index is 11.3. The second kappa shape index (κ2) is 3.34. The van der Waals surface area contributed by atoms with Crippen molar-refractivity contribution in [2.75, 3.05) is 0 Å². The van der Waals surface area contributed by atoms with Crippen LogP contribution in [0.15, 0.2) is 12.2 Å². The van der Waals surface area contributed by atoms with Gasteiger partial charge >= 0.3 is 11.9 Å². The number of carboxylic acid groups (broad SMARTS) is 2. The van der Waals surface area contributed by atoms with Crippen molar-refractivity contribution in [3.05, 3.63) is 12.2 Å². The van der Waals surface area contributed by atoms with E-state index >= 15 is 0 Å². The average Bonchev–Trinajstić information content (AvgIpc) is 2.94. The van der Waals surface area contributed by atoms with E-state index in [1.165, 1.54) is 0 Å². The number of allylic oxidation sites excluding steroid dienone is 2. The Morgan fingerprint density at radius 3 is 1.71 bits per heavy atom. The first kappa shape index (κ1) is 10.8. The SMILES string of the molecule is O=C(O)[C@@H]1[C@H](C(=O)O)[C@H]2C=C[C@H]1C21CCCC1. The molecule has 3 aliphatic carbocycles. The zero-order chi connectivity index (χ0) is 12.2. The van der Waals surface area contributed by atoms with Gasteiger partial charge in [0.15, 0.2) is 0 Å². The van der Waals surface area contributed by atoms with Crippen LogP contribution in [0.2, 0.25) is 0 Å². The maximum atomic E-state index is 11.3. The molecule has 0 aliphatic heterocycles. The third kappa shape index (κ3) is 1.18. The molecule has 2 saturated carbocycles. The number of carboxylic acids is 2. The molecule has 3 aliphatic rings. The summed E-state index contributed by atoms with van der Waals surface area (Å²) < 4.78 is 0. The van der Waals surface area contributed by atoms with E-state index in [9.17, 15) is 19.8 Å². The molecule has 4 heteroatoms. The Bertz CT molecular complexity index is 374. The Labute approximate surface area is 99.3 Å². The molecule has 0 saturated heterocycles. The topological polar surface area (TPSA) is 74.6 Å². The second-order valence-corrected chi connectivity index (χ2v) is 5.60. The summed E-state index contributed by atoms with van der Waals surface area (Å²) in [6.07, 6.45) is 8.12. The van der Waals surface area contributed by atoms with Crippen molar-refractivity contribution in [3.8, 4) is 0 Å². The van der Waals surface area contributed by atoms with Gasteiger partial charge in [0.05, 0.1) is 11.8 Å². The summed E-state index contributed by atoms with van der Waals surface area (Å²) in [5, 5.41) is 18.6. The molecule has 4 atom stereocenters. The van der Waals surface area contributed by atoms with E-state index in [2.05, 4.69) is 0 Å². The molecule has 0 heterocycles. The fraction of sp³-hybridized carbons (Fsp3) is 0.692. The Kier molecular flexibility index (Phi) is 2.12. The van der Waals surface area contributed by atoms with E-state index in [0.717, 1.165) is 25.7 Å². The number of rotatable bonds is 2. The summed E-state index contributed by atoms with van der Waals surface area (Å²) in [6, 6.07) is 0. The molecule has 0 aromatic rings. The molecule has 2 bridgehead atoms. The van der Waals surface area contributed by atoms with Gasteiger partial charge in [-0.15, -0.1) is 0 Å². The van der Waals surface area contributed by atoms with Crippen LogP contribution in [0.3, 0.4) is 0 Å². The zero-order valence-electron chi connectivity index (χ0n) is 9.50. The van der Waals surface area contributed by atoms with Gasteiger partial charge in [-0.2, -0.15) is 0 Å². The minimum Gasteiger partial charge on any atom is -0.481 e. The van der Waals surface area contributed by atoms with Crippen molar-refractivity contribution in [3.63, 3.8) is 0 Å². The molecule has 2 N–H and O–H groups in total. The Morgan fingerprint density at radius 1 is 0.941 bits per heavy atom. The van der Waals surface area contributed by atoms with Crippen LogP contribution in [-0.2, 0) is 9.59 Å². The quantitative estimate of drug-likeness (QED) is 0.716. The summed E-state index contributed by atoms with van der Waals surface area (Å²) in [5.74, 6) is -3.45. The molecule has 92 valence electrons. The fourth-order valence-corrected chi connectivity index (χ4v) is 4.56. The molecule has 17 heavy (non-hydrogen) atoms. The fourth-order valence-electron chi connectivity index (χ4n) is 4.56. The second-order valence-electron chi connectivity index (χ2n) is 5.60. The van der Waals surface area contributed by atoms with Crippen molar-refractivity contribution in [1.29, 1.82) is 0 Å². The normalized spacial score (nSPS) is 41.2. The lowest BCUT2D eigenvalue weighted by atomic mass is 9.74. The van der Waals surface area contributed by atoms with Crippen LogP contribution < -0.4 is 0 Å². The smallest absolute Gasteiger partial charge is 0.308 e. The lowest BCUT2D eigenvalue weighted by Crippen LogP contribution is -2.32. The van der Waals surface area contributed by atoms with Crippen LogP contribution in [0, 0.1) is 29.1 Å². The summed E-state index contributed by atoms with van der Waals surface area (Å²) in [4.78, 5) is 22.7. The molecule has 0 amide bonds. The van der Waals surface area contributed by atoms with Crippen molar-refractivity contribution < 1.29 is 19.8 Å². The Balaban J connectivity index is 2.05. The van der Waals surface area contributed by atoms with Gasteiger partial charge in [-0.1, -0.05) is 25.0 Å². The predicted octanol–water partition coefficient (Wildman–Crippen LogP) is 1.76. The molecule has 0 aromatic carbocycles. The molecule has 2 fully saturated rings. The van der Waals surface area contributed by atoms with E-state index in [4.69, 9.17) is 0 Å². The number of carbonyl (C=O) groups is 2. The third-order valence-electron chi connectivity index (χ3n) is 5.12. The highest BCUT2D eigenvalue weighted by Crippen LogP contribution is 2.66. The maximum Gasteiger partial charge on any atom is 0.308 e. The largest absolute Gasteiger partial charge is 0.481 e. The predicted molar refractivity (Wildman–Crippen MR) is 59.3 cm³/mol. The molecule has 4 nitrogen and oxygen atoms in total. The Morgan fingerprint density at radius 2 is 1.35 bits per heavy atom. The number of hydrogen-bond acceptors (Lipinski definition) is 2. The van der Waals surface area contributed by atoms with Crippen LogP contribution in [0.4, 0.5) is 0 Å². The van der Waals surface area contributed by atoms with Gasteiger partial charge < -0.3 is 10.2 Å². The molecular weight excluding hydrogens is 220 g/mol. The summed E-state index contributed by atoms with van der Waals surface area (Å²) in [6.45, 7) is 0. The van der Waals surface area contributed by atoms with Gasteiger partial charge in [0.1, 0.15) is 0 Å². The van der Waals surface area contributed by atoms with Gasteiger partial charge in [0, 0.05) is 0 Å². The number of aliphatic carboxylic acids is 2. The molecule has 0 unspecified atom stereocenters. The van der Waals surface area contributed by atoms with Crippen LogP contribution in [0.25, 0.3) is 0 Å². The summed E-state index contributed by atoms with van der Waals surface area (Å²) >= 11 is 0. The van der Waals surface area contributed by atoms with Gasteiger partial charge in [0.25, 0.3) is 0 Å². The molecule has 0 aromatic heterocycles. The van der Waals surface area contributed by atoms with E-state index in [1.807, 2.05) is 12.2 Å². The van der Waals surface area contributed by atoms with E-state index < -0.39 is 23.8 Å². The number of hydrogen-bond donors (Lipinski definition) is 2. The lowest BCUT2D eigenvalue weighted by Gasteiger charge is -2.30. The van der Waals surface area contributed by atoms with Crippen LogP contribution in [-0.4, -0.2) is 22.2 Å². The Hall–Kier alpha value is -1.32. The van der Waals surface area contributed by atoms with E-state index in [0.29, 0.717) is 0 Å². The summed E-state index contributed by atoms with van der Waals surface area (Å²) in [5.41, 5.74) is -0.0495. The van der Waals surface area contributed by atoms with Gasteiger partial charge in [0.2, 0.25) is 0 Å². The van der Waals surface area contributed by atoms with Crippen molar-refractivity contribution in [2.24, 2.45) is 29.1 Å².